The van der Waals surface area contributed by atoms with Crippen LogP contribution >= 0.6 is 0 Å². The molecule has 2 fully saturated rings. The monoisotopic (exact) mass is 442 g/mol. The van der Waals surface area contributed by atoms with Crippen LogP contribution in [0.2, 0.25) is 0 Å². The standard InChI is InChI=1S/C24H27FN2O3S/c25-20-8-10-21(11-9-20)31(29,30)27-15-13-18-16-19(7-12-23(18)27)24(28)26-14-3-5-17-4-1-2-6-22(17)26/h7-12,16-17,22H,1-6,13-15H2. The number of halogens is 1. The number of anilines is 1. The fraction of sp³-hybridized carbons (Fsp3) is 0.458. The van der Waals surface area contributed by atoms with Crippen molar-refractivity contribution in [3.63, 3.8) is 0 Å². The van der Waals surface area contributed by atoms with Crippen molar-refractivity contribution in [1.29, 1.82) is 0 Å². The summed E-state index contributed by atoms with van der Waals surface area (Å²) in [5, 5.41) is 0. The molecule has 1 amide bonds. The molecule has 2 aromatic rings. The summed E-state index contributed by atoms with van der Waals surface area (Å²) in [6, 6.07) is 10.6. The molecule has 5 nitrogen and oxygen atoms in total. The molecule has 1 aliphatic carbocycles. The van der Waals surface area contributed by atoms with E-state index in [-0.39, 0.29) is 10.8 Å². The van der Waals surface area contributed by atoms with Crippen molar-refractivity contribution in [2.45, 2.75) is 55.9 Å². The molecule has 2 atom stereocenters. The molecule has 1 saturated carbocycles. The topological polar surface area (TPSA) is 57.7 Å². The van der Waals surface area contributed by atoms with Gasteiger partial charge in [-0.3, -0.25) is 9.10 Å². The number of carbonyl (C=O) groups is 1. The first-order valence-corrected chi connectivity index (χ1v) is 12.6. The maximum atomic E-state index is 13.3. The Hall–Kier alpha value is -2.41. The van der Waals surface area contributed by atoms with Gasteiger partial charge in [-0.15, -0.1) is 0 Å². The van der Waals surface area contributed by atoms with Gasteiger partial charge in [-0.05, 0) is 86.1 Å². The molecule has 2 heterocycles. The minimum Gasteiger partial charge on any atom is -0.335 e. The predicted octanol–water partition coefficient (Wildman–Crippen LogP) is 4.37. The Kier molecular flexibility index (Phi) is 5.24. The minimum atomic E-state index is -3.77. The van der Waals surface area contributed by atoms with Crippen molar-refractivity contribution in [2.75, 3.05) is 17.4 Å². The average Bonchev–Trinajstić information content (AvgIpc) is 3.23. The lowest BCUT2D eigenvalue weighted by Crippen LogP contribution is -2.49. The van der Waals surface area contributed by atoms with E-state index in [0.29, 0.717) is 36.2 Å². The van der Waals surface area contributed by atoms with E-state index in [1.54, 1.807) is 12.1 Å². The lowest BCUT2D eigenvalue weighted by molar-refractivity contribution is 0.0390. The van der Waals surface area contributed by atoms with Crippen LogP contribution in [0.5, 0.6) is 0 Å². The summed E-state index contributed by atoms with van der Waals surface area (Å²) in [7, 11) is -3.77. The maximum absolute atomic E-state index is 13.3. The lowest BCUT2D eigenvalue weighted by Gasteiger charge is -2.44. The summed E-state index contributed by atoms with van der Waals surface area (Å²) in [4.78, 5) is 15.5. The summed E-state index contributed by atoms with van der Waals surface area (Å²) < 4.78 is 40.7. The molecule has 0 radical (unpaired) electrons. The van der Waals surface area contributed by atoms with Crippen LogP contribution in [0.1, 0.15) is 54.4 Å². The van der Waals surface area contributed by atoms with Crippen LogP contribution < -0.4 is 4.31 Å². The zero-order valence-electron chi connectivity index (χ0n) is 17.5. The zero-order chi connectivity index (χ0) is 21.6. The molecule has 1 saturated heterocycles. The average molecular weight is 443 g/mol. The third-order valence-electron chi connectivity index (χ3n) is 7.09. The Morgan fingerprint density at radius 1 is 0.935 bits per heavy atom. The molecule has 2 unspecified atom stereocenters. The van der Waals surface area contributed by atoms with Gasteiger partial charge in [-0.2, -0.15) is 0 Å². The van der Waals surface area contributed by atoms with Crippen molar-refractivity contribution >= 4 is 21.6 Å². The first-order chi connectivity index (χ1) is 14.9. The fourth-order valence-electron chi connectivity index (χ4n) is 5.53. The Balaban J connectivity index is 1.40. The molecule has 0 aromatic heterocycles. The number of carbonyl (C=O) groups excluding carboxylic acids is 1. The highest BCUT2D eigenvalue weighted by molar-refractivity contribution is 7.92. The number of rotatable bonds is 3. The van der Waals surface area contributed by atoms with E-state index in [0.717, 1.165) is 37.1 Å². The van der Waals surface area contributed by atoms with E-state index in [2.05, 4.69) is 4.90 Å². The summed E-state index contributed by atoms with van der Waals surface area (Å²) in [6.45, 7) is 1.13. The quantitative estimate of drug-likeness (QED) is 0.709. The van der Waals surface area contributed by atoms with Gasteiger partial charge in [0.15, 0.2) is 0 Å². The molecule has 0 N–H and O–H groups in total. The van der Waals surface area contributed by atoms with Crippen LogP contribution in [0.4, 0.5) is 10.1 Å². The van der Waals surface area contributed by atoms with Crippen molar-refractivity contribution in [2.24, 2.45) is 5.92 Å². The molecule has 2 aromatic carbocycles. The molecule has 31 heavy (non-hydrogen) atoms. The Bertz CT molecular complexity index is 1100. The van der Waals surface area contributed by atoms with Crippen LogP contribution in [-0.4, -0.2) is 38.4 Å². The van der Waals surface area contributed by atoms with Crippen molar-refractivity contribution in [1.82, 2.24) is 4.90 Å². The smallest absolute Gasteiger partial charge is 0.264 e. The number of nitrogens with zero attached hydrogens (tertiary/aromatic N) is 2. The normalized spacial score (nSPS) is 23.4. The zero-order valence-corrected chi connectivity index (χ0v) is 18.3. The molecular weight excluding hydrogens is 415 g/mol. The number of sulfonamides is 1. The predicted molar refractivity (Wildman–Crippen MR) is 117 cm³/mol. The molecular formula is C24H27FN2O3S. The van der Waals surface area contributed by atoms with Gasteiger partial charge in [-0.25, -0.2) is 12.8 Å². The number of piperidine rings is 1. The number of likely N-dealkylation sites (tertiary alicyclic amines) is 1. The van der Waals surface area contributed by atoms with E-state index >= 15 is 0 Å². The number of hydrogen-bond donors (Lipinski definition) is 0. The number of hydrogen-bond acceptors (Lipinski definition) is 3. The molecule has 2 aliphatic heterocycles. The second-order valence-electron chi connectivity index (χ2n) is 8.88. The van der Waals surface area contributed by atoms with Crippen LogP contribution in [0, 0.1) is 11.7 Å². The summed E-state index contributed by atoms with van der Waals surface area (Å²) >= 11 is 0. The first-order valence-electron chi connectivity index (χ1n) is 11.2. The van der Waals surface area contributed by atoms with Crippen molar-refractivity contribution < 1.29 is 17.6 Å². The molecule has 5 rings (SSSR count). The van der Waals surface area contributed by atoms with Gasteiger partial charge < -0.3 is 4.90 Å². The highest BCUT2D eigenvalue weighted by atomic mass is 32.2. The van der Waals surface area contributed by atoms with Gasteiger partial charge in [0.05, 0.1) is 10.6 Å². The molecule has 0 spiro atoms. The highest BCUT2D eigenvalue weighted by Gasteiger charge is 2.37. The van der Waals surface area contributed by atoms with Gasteiger partial charge in [0.1, 0.15) is 5.82 Å². The summed E-state index contributed by atoms with van der Waals surface area (Å²) in [5.74, 6) is 0.221. The van der Waals surface area contributed by atoms with Crippen LogP contribution in [-0.2, 0) is 16.4 Å². The Labute approximate surface area is 182 Å². The molecule has 164 valence electrons. The van der Waals surface area contributed by atoms with Crippen molar-refractivity contribution in [3.05, 3.63) is 59.4 Å². The third-order valence-corrected chi connectivity index (χ3v) is 8.91. The SMILES string of the molecule is O=C(c1ccc2c(c1)CCN2S(=O)(=O)c1ccc(F)cc1)N1CCCC2CCCCC21. The lowest BCUT2D eigenvalue weighted by atomic mass is 9.78. The summed E-state index contributed by atoms with van der Waals surface area (Å²) in [5.41, 5.74) is 2.12. The van der Waals surface area contributed by atoms with E-state index in [9.17, 15) is 17.6 Å². The Morgan fingerprint density at radius 2 is 1.68 bits per heavy atom. The van der Waals surface area contributed by atoms with Gasteiger partial charge >= 0.3 is 0 Å². The summed E-state index contributed by atoms with van der Waals surface area (Å²) in [6.07, 6.45) is 7.59. The largest absolute Gasteiger partial charge is 0.335 e. The Morgan fingerprint density at radius 3 is 2.48 bits per heavy atom. The van der Waals surface area contributed by atoms with Crippen molar-refractivity contribution in [3.8, 4) is 0 Å². The van der Waals surface area contributed by atoms with Gasteiger partial charge in [0.25, 0.3) is 15.9 Å². The van der Waals surface area contributed by atoms with Gasteiger partial charge in [-0.1, -0.05) is 12.8 Å². The first kappa shape index (κ1) is 20.5. The molecule has 3 aliphatic rings. The van der Waals surface area contributed by atoms with Crippen LogP contribution in [0.15, 0.2) is 47.4 Å². The fourth-order valence-corrected chi connectivity index (χ4v) is 7.03. The van der Waals surface area contributed by atoms with Crippen LogP contribution in [0.3, 0.4) is 0 Å². The van der Waals surface area contributed by atoms with E-state index < -0.39 is 15.8 Å². The highest BCUT2D eigenvalue weighted by Crippen LogP contribution is 2.37. The number of amides is 1. The number of fused-ring (bicyclic) bond motifs is 2. The second-order valence-corrected chi connectivity index (χ2v) is 10.7. The van der Waals surface area contributed by atoms with Crippen LogP contribution in [0.25, 0.3) is 0 Å². The molecule has 7 heteroatoms. The van der Waals surface area contributed by atoms with Gasteiger partial charge in [0.2, 0.25) is 0 Å². The van der Waals surface area contributed by atoms with E-state index in [4.69, 9.17) is 0 Å². The second kappa shape index (κ2) is 7.93. The van der Waals surface area contributed by atoms with Gasteiger partial charge in [0, 0.05) is 24.7 Å². The van der Waals surface area contributed by atoms with E-state index in [1.165, 1.54) is 42.1 Å². The number of benzene rings is 2. The third kappa shape index (κ3) is 3.63. The minimum absolute atomic E-state index is 0.0681. The van der Waals surface area contributed by atoms with E-state index in [1.807, 2.05) is 6.07 Å². The maximum Gasteiger partial charge on any atom is 0.264 e. The molecule has 0 bridgehead atoms.